The highest BCUT2D eigenvalue weighted by atomic mass is 79.9. The van der Waals surface area contributed by atoms with Crippen LogP contribution in [0.25, 0.3) is 0 Å². The van der Waals surface area contributed by atoms with Gasteiger partial charge in [-0.2, -0.15) is 0 Å². The molecule has 4 nitrogen and oxygen atoms in total. The Kier molecular flexibility index (Phi) is 6.62. The highest BCUT2D eigenvalue weighted by Crippen LogP contribution is 2.43. The van der Waals surface area contributed by atoms with E-state index in [9.17, 15) is 0 Å². The topological polar surface area (TPSA) is 30.9 Å². The van der Waals surface area contributed by atoms with Crippen LogP contribution < -0.4 is 14.2 Å². The summed E-state index contributed by atoms with van der Waals surface area (Å²) in [7, 11) is 0. The van der Waals surface area contributed by atoms with Crippen LogP contribution in [-0.2, 0) is 0 Å². The van der Waals surface area contributed by atoms with Gasteiger partial charge in [-0.15, -0.1) is 11.3 Å². The summed E-state index contributed by atoms with van der Waals surface area (Å²) in [6.07, 6.45) is 2.10. The lowest BCUT2D eigenvalue weighted by Gasteiger charge is -2.24. The van der Waals surface area contributed by atoms with Gasteiger partial charge in [0.1, 0.15) is 6.10 Å². The zero-order chi connectivity index (χ0) is 17.6. The van der Waals surface area contributed by atoms with Gasteiger partial charge in [-0.1, -0.05) is 19.9 Å². The quantitative estimate of drug-likeness (QED) is 0.531. The molecule has 0 N–H and O–H groups in total. The van der Waals surface area contributed by atoms with E-state index in [2.05, 4.69) is 46.8 Å². The van der Waals surface area contributed by atoms with Crippen molar-refractivity contribution in [1.29, 1.82) is 0 Å². The fraction of sp³-hybridized carbons (Fsp3) is 0.474. The smallest absolute Gasteiger partial charge is 0.231 e. The number of fused-ring (bicyclic) bond motifs is 1. The fourth-order valence-corrected chi connectivity index (χ4v) is 4.44. The molecule has 3 rings (SSSR count). The maximum absolute atomic E-state index is 6.39. The van der Waals surface area contributed by atoms with Crippen molar-refractivity contribution in [1.82, 2.24) is 4.90 Å². The van der Waals surface area contributed by atoms with Crippen LogP contribution in [0.3, 0.4) is 0 Å². The molecule has 6 heteroatoms. The predicted molar refractivity (Wildman–Crippen MR) is 105 cm³/mol. The molecule has 0 radical (unpaired) electrons. The molecule has 1 atom stereocenters. The second-order valence-electron chi connectivity index (χ2n) is 5.96. The van der Waals surface area contributed by atoms with Crippen LogP contribution in [0.5, 0.6) is 17.2 Å². The third kappa shape index (κ3) is 4.68. The zero-order valence-electron chi connectivity index (χ0n) is 14.7. The standard InChI is InChI=1S/C19H24BrNO3S/c1-3-11-21(4-2)12-10-14(17-8-9-18(20)25-17)24-16-7-5-6-15-19(16)23-13-22-15/h5-9,14H,3-4,10-13H2,1-2H3/t14-/m0/s1. The highest BCUT2D eigenvalue weighted by Gasteiger charge is 2.23. The van der Waals surface area contributed by atoms with Gasteiger partial charge in [0.15, 0.2) is 11.5 Å². The van der Waals surface area contributed by atoms with E-state index in [0.717, 1.165) is 41.3 Å². The Hall–Kier alpha value is -1.24. The second kappa shape index (κ2) is 8.92. The number of hydrogen-bond acceptors (Lipinski definition) is 5. The van der Waals surface area contributed by atoms with Gasteiger partial charge < -0.3 is 19.1 Å². The summed E-state index contributed by atoms with van der Waals surface area (Å²) in [5.41, 5.74) is 0. The Labute approximate surface area is 161 Å². The highest BCUT2D eigenvalue weighted by molar-refractivity contribution is 9.11. The van der Waals surface area contributed by atoms with Crippen molar-refractivity contribution >= 4 is 27.3 Å². The minimum atomic E-state index is -0.00194. The van der Waals surface area contributed by atoms with E-state index in [1.807, 2.05) is 18.2 Å². The summed E-state index contributed by atoms with van der Waals surface area (Å²) < 4.78 is 18.6. The van der Waals surface area contributed by atoms with Gasteiger partial charge in [0.25, 0.3) is 0 Å². The Bertz CT molecular complexity index is 691. The molecule has 0 spiro atoms. The lowest BCUT2D eigenvalue weighted by atomic mass is 10.2. The number of rotatable bonds is 9. The monoisotopic (exact) mass is 425 g/mol. The van der Waals surface area contributed by atoms with Gasteiger partial charge >= 0.3 is 0 Å². The maximum atomic E-state index is 6.39. The van der Waals surface area contributed by atoms with Crippen LogP contribution in [0.2, 0.25) is 0 Å². The minimum Gasteiger partial charge on any atom is -0.481 e. The number of halogens is 1. The Morgan fingerprint density at radius 2 is 2.08 bits per heavy atom. The van der Waals surface area contributed by atoms with Crippen LogP contribution >= 0.6 is 27.3 Å². The number of ether oxygens (including phenoxy) is 3. The molecule has 1 aromatic carbocycles. The zero-order valence-corrected chi connectivity index (χ0v) is 17.1. The average Bonchev–Trinajstić information content (AvgIpc) is 3.26. The molecule has 0 amide bonds. The number of thiophene rings is 1. The van der Waals surface area contributed by atoms with Gasteiger partial charge in [0.2, 0.25) is 12.5 Å². The van der Waals surface area contributed by atoms with E-state index in [1.54, 1.807) is 11.3 Å². The maximum Gasteiger partial charge on any atom is 0.231 e. The summed E-state index contributed by atoms with van der Waals surface area (Å²) in [6, 6.07) is 10.0. The van der Waals surface area contributed by atoms with E-state index in [-0.39, 0.29) is 12.9 Å². The van der Waals surface area contributed by atoms with Crippen LogP contribution in [0.4, 0.5) is 0 Å². The van der Waals surface area contributed by atoms with Gasteiger partial charge in [0, 0.05) is 17.8 Å². The second-order valence-corrected chi connectivity index (χ2v) is 8.46. The van der Waals surface area contributed by atoms with Crippen molar-refractivity contribution in [2.75, 3.05) is 26.4 Å². The minimum absolute atomic E-state index is 0.00194. The van der Waals surface area contributed by atoms with E-state index in [1.165, 1.54) is 11.3 Å². The number of benzene rings is 1. The average molecular weight is 426 g/mol. The molecule has 0 aliphatic carbocycles. The third-order valence-electron chi connectivity index (χ3n) is 4.24. The largest absolute Gasteiger partial charge is 0.481 e. The number of hydrogen-bond donors (Lipinski definition) is 0. The summed E-state index contributed by atoms with van der Waals surface area (Å²) >= 11 is 5.28. The van der Waals surface area contributed by atoms with Crippen molar-refractivity contribution in [2.45, 2.75) is 32.8 Å². The van der Waals surface area contributed by atoms with Gasteiger partial charge in [-0.25, -0.2) is 0 Å². The van der Waals surface area contributed by atoms with Crippen molar-refractivity contribution < 1.29 is 14.2 Å². The number of nitrogens with zero attached hydrogens (tertiary/aromatic N) is 1. The molecule has 1 aliphatic heterocycles. The van der Waals surface area contributed by atoms with Crippen LogP contribution in [0.1, 0.15) is 37.7 Å². The van der Waals surface area contributed by atoms with Gasteiger partial charge in [-0.3, -0.25) is 0 Å². The van der Waals surface area contributed by atoms with Crippen molar-refractivity contribution in [3.63, 3.8) is 0 Å². The Morgan fingerprint density at radius 1 is 1.20 bits per heavy atom. The molecular weight excluding hydrogens is 402 g/mol. The summed E-state index contributed by atoms with van der Waals surface area (Å²) in [6.45, 7) is 7.88. The molecule has 0 saturated heterocycles. The SMILES string of the molecule is CCCN(CC)CC[C@H](Oc1cccc2c1OCO2)c1ccc(Br)s1. The molecular formula is C19H24BrNO3S. The fourth-order valence-electron chi connectivity index (χ4n) is 2.95. The Balaban J connectivity index is 1.76. The summed E-state index contributed by atoms with van der Waals surface area (Å²) in [5, 5.41) is 0. The lowest BCUT2D eigenvalue weighted by molar-refractivity contribution is 0.149. The first kappa shape index (κ1) is 18.5. The first-order chi connectivity index (χ1) is 12.2. The number of para-hydroxylation sites is 1. The van der Waals surface area contributed by atoms with Gasteiger partial charge in [0.05, 0.1) is 3.79 Å². The van der Waals surface area contributed by atoms with E-state index in [4.69, 9.17) is 14.2 Å². The van der Waals surface area contributed by atoms with E-state index < -0.39 is 0 Å². The normalized spacial score (nSPS) is 14.1. The van der Waals surface area contributed by atoms with Crippen molar-refractivity contribution in [3.8, 4) is 17.2 Å². The lowest BCUT2D eigenvalue weighted by Crippen LogP contribution is -2.27. The summed E-state index contributed by atoms with van der Waals surface area (Å²) in [5.74, 6) is 2.22. The molecule has 136 valence electrons. The van der Waals surface area contributed by atoms with Crippen LogP contribution in [0.15, 0.2) is 34.1 Å². The Morgan fingerprint density at radius 3 is 2.80 bits per heavy atom. The molecule has 0 saturated carbocycles. The van der Waals surface area contributed by atoms with Gasteiger partial charge in [-0.05, 0) is 59.7 Å². The molecule has 1 aromatic heterocycles. The molecule has 25 heavy (non-hydrogen) atoms. The summed E-state index contributed by atoms with van der Waals surface area (Å²) in [4.78, 5) is 3.68. The third-order valence-corrected chi connectivity index (χ3v) is 5.95. The molecule has 2 heterocycles. The van der Waals surface area contributed by atoms with E-state index in [0.29, 0.717) is 5.75 Å². The first-order valence-electron chi connectivity index (χ1n) is 8.74. The van der Waals surface area contributed by atoms with Crippen LogP contribution in [-0.4, -0.2) is 31.3 Å². The molecule has 1 aliphatic rings. The van der Waals surface area contributed by atoms with E-state index >= 15 is 0 Å². The molecule has 0 fully saturated rings. The van der Waals surface area contributed by atoms with Crippen LogP contribution in [0, 0.1) is 0 Å². The van der Waals surface area contributed by atoms with Crippen molar-refractivity contribution in [3.05, 3.63) is 39.0 Å². The molecule has 2 aromatic rings. The molecule has 0 unspecified atom stereocenters. The first-order valence-corrected chi connectivity index (χ1v) is 10.3. The predicted octanol–water partition coefficient (Wildman–Crippen LogP) is 5.48. The molecule has 0 bridgehead atoms. The van der Waals surface area contributed by atoms with Crippen molar-refractivity contribution in [2.24, 2.45) is 0 Å².